The Morgan fingerprint density at radius 3 is 2.67 bits per heavy atom. The highest BCUT2D eigenvalue weighted by molar-refractivity contribution is 5.81. The van der Waals surface area contributed by atoms with Gasteiger partial charge in [-0.2, -0.15) is 0 Å². The van der Waals surface area contributed by atoms with Gasteiger partial charge in [0.15, 0.2) is 0 Å². The van der Waals surface area contributed by atoms with E-state index >= 15 is 0 Å². The highest BCUT2D eigenvalue weighted by Crippen LogP contribution is 2.17. The minimum absolute atomic E-state index is 0.112. The first-order chi connectivity index (χ1) is 8.45. The summed E-state index contributed by atoms with van der Waals surface area (Å²) in [6, 6.07) is -0.355. The second kappa shape index (κ2) is 7.10. The van der Waals surface area contributed by atoms with Gasteiger partial charge >= 0.3 is 0 Å². The molecule has 18 heavy (non-hydrogen) atoms. The van der Waals surface area contributed by atoms with Gasteiger partial charge in [-0.05, 0) is 45.2 Å². The molecule has 1 unspecified atom stereocenters. The molecular weight excluding hydrogens is 226 g/mol. The number of hydrogen-bond donors (Lipinski definition) is 1. The summed E-state index contributed by atoms with van der Waals surface area (Å²) in [7, 11) is 2.16. The van der Waals surface area contributed by atoms with Crippen molar-refractivity contribution in [2.24, 2.45) is 17.6 Å². The molecular formula is C14H29N3O. The van der Waals surface area contributed by atoms with Crippen molar-refractivity contribution in [2.45, 2.75) is 39.7 Å². The highest BCUT2D eigenvalue weighted by Gasteiger charge is 2.26. The van der Waals surface area contributed by atoms with Crippen molar-refractivity contribution >= 4 is 5.91 Å². The monoisotopic (exact) mass is 255 g/mol. The molecule has 1 rings (SSSR count). The van der Waals surface area contributed by atoms with Crippen LogP contribution in [0.25, 0.3) is 0 Å². The van der Waals surface area contributed by atoms with Crippen LogP contribution in [0.5, 0.6) is 0 Å². The van der Waals surface area contributed by atoms with Crippen LogP contribution in [0.1, 0.15) is 33.6 Å². The van der Waals surface area contributed by atoms with Crippen LogP contribution in [0.2, 0.25) is 0 Å². The quantitative estimate of drug-likeness (QED) is 0.802. The van der Waals surface area contributed by atoms with Crippen molar-refractivity contribution in [1.82, 2.24) is 9.80 Å². The Morgan fingerprint density at radius 1 is 1.50 bits per heavy atom. The fourth-order valence-corrected chi connectivity index (χ4v) is 2.60. The van der Waals surface area contributed by atoms with Gasteiger partial charge in [0.05, 0.1) is 6.04 Å². The lowest BCUT2D eigenvalue weighted by atomic mass is 9.97. The Kier molecular flexibility index (Phi) is 6.09. The van der Waals surface area contributed by atoms with Gasteiger partial charge < -0.3 is 15.5 Å². The molecule has 1 amide bonds. The normalized spacial score (nSPS) is 23.1. The zero-order chi connectivity index (χ0) is 13.7. The van der Waals surface area contributed by atoms with E-state index in [0.29, 0.717) is 5.92 Å². The number of hydrogen-bond acceptors (Lipinski definition) is 3. The van der Waals surface area contributed by atoms with Crippen molar-refractivity contribution in [3.05, 3.63) is 0 Å². The second-order valence-electron chi connectivity index (χ2n) is 5.92. The van der Waals surface area contributed by atoms with E-state index in [9.17, 15) is 4.79 Å². The number of carbonyl (C=O) groups is 1. The minimum Gasteiger partial charge on any atom is -0.341 e. The van der Waals surface area contributed by atoms with Crippen LogP contribution in [0.15, 0.2) is 0 Å². The summed E-state index contributed by atoms with van der Waals surface area (Å²) in [5.41, 5.74) is 5.97. The maximum absolute atomic E-state index is 12.3. The maximum atomic E-state index is 12.3. The smallest absolute Gasteiger partial charge is 0.239 e. The first-order valence-corrected chi connectivity index (χ1v) is 7.18. The van der Waals surface area contributed by atoms with Gasteiger partial charge in [0.2, 0.25) is 5.91 Å². The first-order valence-electron chi connectivity index (χ1n) is 7.18. The number of likely N-dealkylation sites (N-methyl/N-ethyl adjacent to an activating group) is 1. The second-order valence-corrected chi connectivity index (χ2v) is 5.92. The van der Waals surface area contributed by atoms with Gasteiger partial charge in [0.25, 0.3) is 0 Å². The Balaban J connectivity index is 2.53. The zero-order valence-corrected chi connectivity index (χ0v) is 12.4. The van der Waals surface area contributed by atoms with E-state index in [4.69, 9.17) is 5.73 Å². The summed E-state index contributed by atoms with van der Waals surface area (Å²) in [5.74, 6) is 0.924. The molecule has 0 spiro atoms. The van der Waals surface area contributed by atoms with Crippen molar-refractivity contribution in [3.63, 3.8) is 0 Å². The number of likely N-dealkylation sites (tertiary alicyclic amines) is 1. The van der Waals surface area contributed by atoms with Gasteiger partial charge in [0.1, 0.15) is 0 Å². The van der Waals surface area contributed by atoms with Crippen LogP contribution in [0, 0.1) is 11.8 Å². The maximum Gasteiger partial charge on any atom is 0.239 e. The van der Waals surface area contributed by atoms with Gasteiger partial charge in [0, 0.05) is 19.6 Å². The zero-order valence-electron chi connectivity index (χ0n) is 12.4. The van der Waals surface area contributed by atoms with Crippen LogP contribution >= 0.6 is 0 Å². The Labute approximate surface area is 111 Å². The van der Waals surface area contributed by atoms with E-state index in [1.165, 1.54) is 19.4 Å². The minimum atomic E-state index is -0.355. The molecule has 2 N–H and O–H groups in total. The molecule has 4 nitrogen and oxygen atoms in total. The average molecular weight is 255 g/mol. The lowest BCUT2D eigenvalue weighted by Gasteiger charge is -2.34. The summed E-state index contributed by atoms with van der Waals surface area (Å²) in [6.45, 7) is 9.95. The molecule has 0 bridgehead atoms. The molecule has 1 aliphatic rings. The molecule has 4 heteroatoms. The van der Waals surface area contributed by atoms with E-state index in [1.54, 1.807) is 0 Å². The molecule has 0 saturated carbocycles. The summed E-state index contributed by atoms with van der Waals surface area (Å²) in [6.07, 6.45) is 2.47. The third kappa shape index (κ3) is 4.25. The number of piperidine rings is 1. The third-order valence-electron chi connectivity index (χ3n) is 3.90. The molecule has 1 aliphatic heterocycles. The van der Waals surface area contributed by atoms with E-state index in [1.807, 2.05) is 25.7 Å². The Bertz CT molecular complexity index is 268. The van der Waals surface area contributed by atoms with Crippen LogP contribution in [-0.4, -0.2) is 55.0 Å². The van der Waals surface area contributed by atoms with Crippen LogP contribution < -0.4 is 5.73 Å². The van der Waals surface area contributed by atoms with Crippen molar-refractivity contribution in [2.75, 3.05) is 33.2 Å². The number of carbonyl (C=O) groups excluding carboxylic acids is 1. The van der Waals surface area contributed by atoms with E-state index in [2.05, 4.69) is 11.9 Å². The third-order valence-corrected chi connectivity index (χ3v) is 3.90. The molecule has 0 radical (unpaired) electrons. The number of nitrogens with two attached hydrogens (primary N) is 1. The summed E-state index contributed by atoms with van der Waals surface area (Å²) < 4.78 is 0. The largest absolute Gasteiger partial charge is 0.341 e. The molecule has 0 aromatic heterocycles. The molecule has 2 atom stereocenters. The first kappa shape index (κ1) is 15.4. The van der Waals surface area contributed by atoms with Gasteiger partial charge in [-0.1, -0.05) is 13.8 Å². The molecule has 0 aromatic carbocycles. The van der Waals surface area contributed by atoms with Crippen LogP contribution in [-0.2, 0) is 4.79 Å². The van der Waals surface area contributed by atoms with Crippen molar-refractivity contribution < 1.29 is 4.79 Å². The molecule has 0 aromatic rings. The molecule has 1 fully saturated rings. The molecule has 1 heterocycles. The van der Waals surface area contributed by atoms with Crippen molar-refractivity contribution in [3.8, 4) is 0 Å². The summed E-state index contributed by atoms with van der Waals surface area (Å²) in [5, 5.41) is 0. The van der Waals surface area contributed by atoms with E-state index in [0.717, 1.165) is 19.6 Å². The fraction of sp³-hybridized carbons (Fsp3) is 0.929. The number of amides is 1. The molecule has 0 aliphatic carbocycles. The predicted octanol–water partition coefficient (Wildman–Crippen LogP) is 1.16. The Hall–Kier alpha value is -0.610. The van der Waals surface area contributed by atoms with E-state index in [-0.39, 0.29) is 17.9 Å². The number of nitrogens with zero attached hydrogens (tertiary/aromatic N) is 2. The van der Waals surface area contributed by atoms with Crippen LogP contribution in [0.4, 0.5) is 0 Å². The van der Waals surface area contributed by atoms with Crippen LogP contribution in [0.3, 0.4) is 0 Å². The van der Waals surface area contributed by atoms with Crippen molar-refractivity contribution in [1.29, 1.82) is 0 Å². The molecule has 106 valence electrons. The van der Waals surface area contributed by atoms with Gasteiger partial charge in [-0.25, -0.2) is 0 Å². The van der Waals surface area contributed by atoms with Gasteiger partial charge in [-0.3, -0.25) is 4.79 Å². The lowest BCUT2D eigenvalue weighted by molar-refractivity contribution is -0.134. The topological polar surface area (TPSA) is 49.6 Å². The summed E-state index contributed by atoms with van der Waals surface area (Å²) in [4.78, 5) is 16.6. The van der Waals surface area contributed by atoms with E-state index < -0.39 is 0 Å². The number of rotatable bonds is 5. The summed E-state index contributed by atoms with van der Waals surface area (Å²) >= 11 is 0. The predicted molar refractivity (Wildman–Crippen MR) is 75.3 cm³/mol. The molecule has 1 saturated heterocycles. The standard InChI is InChI=1S/C14H29N3O/c1-5-17(14(18)13(15)11(2)3)10-12-7-6-8-16(4)9-12/h11-13H,5-10,15H2,1-4H3/t12?,13-/m0/s1. The lowest BCUT2D eigenvalue weighted by Crippen LogP contribution is -2.49. The SMILES string of the molecule is CCN(CC1CCCN(C)C1)C(=O)[C@@H](N)C(C)C. The fourth-order valence-electron chi connectivity index (χ4n) is 2.60. The Morgan fingerprint density at radius 2 is 2.17 bits per heavy atom. The average Bonchev–Trinajstić information content (AvgIpc) is 2.34. The van der Waals surface area contributed by atoms with Gasteiger partial charge in [-0.15, -0.1) is 0 Å². The highest BCUT2D eigenvalue weighted by atomic mass is 16.2.